The van der Waals surface area contributed by atoms with E-state index in [2.05, 4.69) is 45.9 Å². The third kappa shape index (κ3) is 4.64. The van der Waals surface area contributed by atoms with Crippen LogP contribution in [0.25, 0.3) is 0 Å². The summed E-state index contributed by atoms with van der Waals surface area (Å²) in [6, 6.07) is 2.63. The number of thiophene rings is 1. The van der Waals surface area contributed by atoms with Crippen molar-refractivity contribution in [3.8, 4) is 0 Å². The maximum absolute atomic E-state index is 9.45. The van der Waals surface area contributed by atoms with Crippen LogP contribution in [-0.4, -0.2) is 52.2 Å². The van der Waals surface area contributed by atoms with Crippen molar-refractivity contribution >= 4 is 22.7 Å². The molecule has 1 N–H and O–H groups in total. The number of nitrogens with zero attached hydrogens (tertiary/aromatic N) is 3. The monoisotopic (exact) mass is 365 g/mol. The van der Waals surface area contributed by atoms with Crippen LogP contribution in [0.1, 0.15) is 42.5 Å². The fourth-order valence-electron chi connectivity index (χ4n) is 3.20. The highest BCUT2D eigenvalue weighted by atomic mass is 32.1. The zero-order chi connectivity index (χ0) is 16.9. The Labute approximate surface area is 152 Å². The molecule has 0 bridgehead atoms. The van der Waals surface area contributed by atoms with Gasteiger partial charge in [0.1, 0.15) is 5.01 Å². The van der Waals surface area contributed by atoms with Crippen molar-refractivity contribution < 1.29 is 5.11 Å². The first-order chi connectivity index (χ1) is 11.7. The van der Waals surface area contributed by atoms with E-state index in [9.17, 15) is 5.11 Å². The van der Waals surface area contributed by atoms with Crippen molar-refractivity contribution in [2.45, 2.75) is 45.3 Å². The van der Waals surface area contributed by atoms with Crippen molar-refractivity contribution in [1.82, 2.24) is 14.8 Å². The van der Waals surface area contributed by atoms with Gasteiger partial charge in [-0.25, -0.2) is 4.98 Å². The second-order valence-electron chi connectivity index (χ2n) is 6.82. The number of aliphatic hydroxyl groups is 1. The minimum atomic E-state index is 0.257. The summed E-state index contributed by atoms with van der Waals surface area (Å²) in [5.41, 5.74) is 2.59. The molecule has 24 heavy (non-hydrogen) atoms. The van der Waals surface area contributed by atoms with Gasteiger partial charge < -0.3 is 5.11 Å². The smallest absolute Gasteiger partial charge is 0.107 e. The molecule has 2 aromatic rings. The summed E-state index contributed by atoms with van der Waals surface area (Å²) >= 11 is 3.53. The summed E-state index contributed by atoms with van der Waals surface area (Å²) in [6.07, 6.45) is 0.843. The summed E-state index contributed by atoms with van der Waals surface area (Å²) < 4.78 is 0. The maximum atomic E-state index is 9.45. The van der Waals surface area contributed by atoms with Gasteiger partial charge in [0.15, 0.2) is 0 Å². The molecule has 2 aromatic heterocycles. The fraction of sp³-hybridized carbons (Fsp3) is 0.611. The van der Waals surface area contributed by atoms with Gasteiger partial charge in [-0.05, 0) is 34.7 Å². The lowest BCUT2D eigenvalue weighted by Gasteiger charge is -2.41. The Morgan fingerprint density at radius 1 is 1.29 bits per heavy atom. The highest BCUT2D eigenvalue weighted by molar-refractivity contribution is 7.09. The Hall–Kier alpha value is -0.790. The minimum absolute atomic E-state index is 0.257. The van der Waals surface area contributed by atoms with Crippen LogP contribution in [0.2, 0.25) is 0 Å². The zero-order valence-corrected chi connectivity index (χ0v) is 16.2. The third-order valence-electron chi connectivity index (χ3n) is 4.64. The van der Waals surface area contributed by atoms with Crippen LogP contribution in [0, 0.1) is 0 Å². The van der Waals surface area contributed by atoms with Gasteiger partial charge in [0, 0.05) is 44.2 Å². The molecule has 0 amide bonds. The second-order valence-corrected chi connectivity index (χ2v) is 8.55. The molecule has 0 saturated carbocycles. The molecule has 1 aliphatic rings. The predicted molar refractivity (Wildman–Crippen MR) is 102 cm³/mol. The van der Waals surface area contributed by atoms with Gasteiger partial charge in [0.05, 0.1) is 12.2 Å². The topological polar surface area (TPSA) is 39.6 Å². The van der Waals surface area contributed by atoms with E-state index in [1.165, 1.54) is 16.3 Å². The lowest BCUT2D eigenvalue weighted by atomic mass is 10.1. The van der Waals surface area contributed by atoms with E-state index in [-0.39, 0.29) is 6.61 Å². The molecule has 0 aliphatic carbocycles. The average Bonchev–Trinajstić information content (AvgIpc) is 3.22. The van der Waals surface area contributed by atoms with Crippen molar-refractivity contribution in [2.75, 3.05) is 26.2 Å². The van der Waals surface area contributed by atoms with Gasteiger partial charge in [-0.3, -0.25) is 9.80 Å². The molecule has 4 nitrogen and oxygen atoms in total. The van der Waals surface area contributed by atoms with Crippen LogP contribution >= 0.6 is 22.7 Å². The molecule has 0 unspecified atom stereocenters. The van der Waals surface area contributed by atoms with Gasteiger partial charge in [-0.1, -0.05) is 13.8 Å². The summed E-state index contributed by atoms with van der Waals surface area (Å²) in [7, 11) is 0. The molecule has 6 heteroatoms. The Morgan fingerprint density at radius 2 is 2.17 bits per heavy atom. The normalized spacial score (nSPS) is 20.1. The van der Waals surface area contributed by atoms with Gasteiger partial charge in [-0.15, -0.1) is 11.3 Å². The lowest BCUT2D eigenvalue weighted by molar-refractivity contribution is 0.0500. The number of aromatic nitrogens is 1. The largest absolute Gasteiger partial charge is 0.396 e. The third-order valence-corrected chi connectivity index (χ3v) is 6.22. The van der Waals surface area contributed by atoms with Crippen LogP contribution < -0.4 is 0 Å². The van der Waals surface area contributed by atoms with Crippen LogP contribution in [-0.2, 0) is 13.1 Å². The molecule has 1 aliphatic heterocycles. The highest BCUT2D eigenvalue weighted by Crippen LogP contribution is 2.22. The zero-order valence-electron chi connectivity index (χ0n) is 14.5. The molecule has 3 rings (SSSR count). The first-order valence-corrected chi connectivity index (χ1v) is 10.5. The van der Waals surface area contributed by atoms with Crippen molar-refractivity contribution in [1.29, 1.82) is 0 Å². The number of piperazine rings is 1. The first-order valence-electron chi connectivity index (χ1n) is 8.68. The maximum Gasteiger partial charge on any atom is 0.107 e. The van der Waals surface area contributed by atoms with Gasteiger partial charge in [0.2, 0.25) is 0 Å². The van der Waals surface area contributed by atoms with Gasteiger partial charge in [-0.2, -0.15) is 11.3 Å². The Morgan fingerprint density at radius 3 is 2.83 bits per heavy atom. The molecule has 1 fully saturated rings. The van der Waals surface area contributed by atoms with E-state index in [1.807, 2.05) is 0 Å². The van der Waals surface area contributed by atoms with E-state index in [1.54, 1.807) is 22.7 Å². The standard InChI is InChI=1S/C18H27N3OS2/c1-14(2)17-13-24-18(19-17)11-20-5-6-21(16(10-20)3-7-22)9-15-4-8-23-12-15/h4,8,12-14,16,22H,3,5-7,9-11H2,1-2H3/t16-/m0/s1. The minimum Gasteiger partial charge on any atom is -0.396 e. The SMILES string of the molecule is CC(C)c1csc(CN2CCN(Cc3ccsc3)[C@@H](CCO)C2)n1. The lowest BCUT2D eigenvalue weighted by Crippen LogP contribution is -2.52. The summed E-state index contributed by atoms with van der Waals surface area (Å²) in [6.45, 7) is 9.72. The average molecular weight is 366 g/mol. The Bertz CT molecular complexity index is 612. The van der Waals surface area contributed by atoms with E-state index >= 15 is 0 Å². The molecule has 0 aromatic carbocycles. The van der Waals surface area contributed by atoms with Crippen LogP contribution in [0.5, 0.6) is 0 Å². The van der Waals surface area contributed by atoms with Gasteiger partial charge >= 0.3 is 0 Å². The van der Waals surface area contributed by atoms with Crippen molar-refractivity contribution in [2.24, 2.45) is 0 Å². The van der Waals surface area contributed by atoms with Crippen molar-refractivity contribution in [3.63, 3.8) is 0 Å². The second kappa shape index (κ2) is 8.54. The molecule has 3 heterocycles. The molecule has 0 radical (unpaired) electrons. The van der Waals surface area contributed by atoms with E-state index in [0.29, 0.717) is 12.0 Å². The Kier molecular flexibility index (Phi) is 6.41. The molecule has 132 valence electrons. The van der Waals surface area contributed by atoms with Gasteiger partial charge in [0.25, 0.3) is 0 Å². The van der Waals surface area contributed by atoms with Crippen LogP contribution in [0.3, 0.4) is 0 Å². The summed E-state index contributed by atoms with van der Waals surface area (Å²) in [4.78, 5) is 9.79. The molecular weight excluding hydrogens is 338 g/mol. The number of hydrogen-bond acceptors (Lipinski definition) is 6. The molecule has 0 spiro atoms. The fourth-order valence-corrected chi connectivity index (χ4v) is 4.86. The molecule has 1 atom stereocenters. The van der Waals surface area contributed by atoms with Crippen molar-refractivity contribution in [3.05, 3.63) is 38.5 Å². The summed E-state index contributed by atoms with van der Waals surface area (Å²) in [5.74, 6) is 0.500. The summed E-state index contributed by atoms with van der Waals surface area (Å²) in [5, 5.41) is 17.2. The number of thiazole rings is 1. The first kappa shape index (κ1) is 18.0. The number of aliphatic hydroxyl groups excluding tert-OH is 1. The highest BCUT2D eigenvalue weighted by Gasteiger charge is 2.27. The molecular formula is C18H27N3OS2. The van der Waals surface area contributed by atoms with E-state index < -0.39 is 0 Å². The molecule has 1 saturated heterocycles. The number of hydrogen-bond donors (Lipinski definition) is 1. The predicted octanol–water partition coefficient (Wildman–Crippen LogP) is 3.40. The number of rotatable bonds is 7. The van der Waals surface area contributed by atoms with Crippen LogP contribution in [0.15, 0.2) is 22.2 Å². The quantitative estimate of drug-likeness (QED) is 0.816. The van der Waals surface area contributed by atoms with Crippen LogP contribution in [0.4, 0.5) is 0 Å². The van der Waals surface area contributed by atoms with E-state index in [4.69, 9.17) is 4.98 Å². The van der Waals surface area contributed by atoms with E-state index in [0.717, 1.165) is 39.1 Å². The Balaban J connectivity index is 1.59.